The minimum Gasteiger partial charge on any atom is -0.423 e. The largest absolute Gasteiger partial charge is 0.423 e. The van der Waals surface area contributed by atoms with Gasteiger partial charge in [-0.1, -0.05) is 109 Å². The molecule has 0 radical (unpaired) electrons. The van der Waals surface area contributed by atoms with E-state index in [4.69, 9.17) is 4.74 Å². The average Bonchev–Trinajstić information content (AvgIpc) is 2.92. The van der Waals surface area contributed by atoms with Crippen molar-refractivity contribution in [1.29, 1.82) is 0 Å². The summed E-state index contributed by atoms with van der Waals surface area (Å²) in [5.41, 5.74) is 3.87. The number of hydrogen-bond acceptors (Lipinski definition) is 4. The van der Waals surface area contributed by atoms with Gasteiger partial charge in [0.1, 0.15) is 5.75 Å². The highest BCUT2D eigenvalue weighted by atomic mass is 79.9. The Labute approximate surface area is 238 Å². The van der Waals surface area contributed by atoms with Crippen molar-refractivity contribution in [3.05, 3.63) is 64.1 Å². The van der Waals surface area contributed by atoms with Gasteiger partial charge in [0.15, 0.2) is 0 Å². The van der Waals surface area contributed by atoms with Crippen LogP contribution in [-0.4, -0.2) is 18.1 Å². The lowest BCUT2D eigenvalue weighted by Crippen LogP contribution is -2.16. The number of amides is 1. The van der Waals surface area contributed by atoms with Gasteiger partial charge in [-0.15, -0.1) is 0 Å². The highest BCUT2D eigenvalue weighted by Crippen LogP contribution is 2.19. The molecule has 0 heterocycles. The number of nitrogens with zero attached hydrogens (tertiary/aromatic N) is 1. The zero-order chi connectivity index (χ0) is 27.3. The van der Waals surface area contributed by atoms with E-state index in [2.05, 4.69) is 33.4 Å². The predicted molar refractivity (Wildman–Crippen MR) is 161 cm³/mol. The zero-order valence-electron chi connectivity index (χ0n) is 23.1. The quantitative estimate of drug-likeness (QED) is 0.0553. The molecule has 6 heteroatoms. The molecule has 1 amide bonds. The molecule has 0 saturated heterocycles. The van der Waals surface area contributed by atoms with Crippen LogP contribution in [0.15, 0.2) is 58.1 Å². The minimum absolute atomic E-state index is 0.0602. The molecule has 5 nitrogen and oxygen atoms in total. The number of ether oxygens (including phenoxy) is 1. The Kier molecular flexibility index (Phi) is 17.1. The topological polar surface area (TPSA) is 67.8 Å². The van der Waals surface area contributed by atoms with Crippen molar-refractivity contribution in [3.63, 3.8) is 0 Å². The molecule has 0 atom stereocenters. The van der Waals surface area contributed by atoms with Crippen LogP contribution in [0.1, 0.15) is 126 Å². The Morgan fingerprint density at radius 1 is 0.763 bits per heavy atom. The lowest BCUT2D eigenvalue weighted by molar-refractivity contribution is -0.121. The smallest absolute Gasteiger partial charge is 0.344 e. The first kappa shape index (κ1) is 31.7. The highest BCUT2D eigenvalue weighted by Gasteiger charge is 2.11. The van der Waals surface area contributed by atoms with E-state index < -0.39 is 5.97 Å². The van der Waals surface area contributed by atoms with Gasteiger partial charge in [0.2, 0.25) is 5.91 Å². The molecule has 0 aliphatic heterocycles. The van der Waals surface area contributed by atoms with Crippen LogP contribution in [-0.2, 0) is 4.79 Å². The number of unbranched alkanes of at least 4 members (excludes halogenated alkanes) is 14. The van der Waals surface area contributed by atoms with Crippen molar-refractivity contribution >= 4 is 34.0 Å². The summed E-state index contributed by atoms with van der Waals surface area (Å²) in [5, 5.41) is 4.04. The monoisotopic (exact) mass is 584 g/mol. The van der Waals surface area contributed by atoms with Crippen LogP contribution in [0, 0.1) is 0 Å². The Hall–Kier alpha value is -2.47. The number of carbonyl (C=O) groups is 2. The summed E-state index contributed by atoms with van der Waals surface area (Å²) in [6, 6.07) is 14.1. The Morgan fingerprint density at radius 2 is 1.29 bits per heavy atom. The SMILES string of the molecule is CCCCCCCCCCCCCCCCCC(=O)N/N=C\c1ccc(OC(=O)c2ccccc2Br)cc1. The van der Waals surface area contributed by atoms with Crippen molar-refractivity contribution in [2.24, 2.45) is 5.10 Å². The van der Waals surface area contributed by atoms with Crippen LogP contribution in [0.25, 0.3) is 0 Å². The van der Waals surface area contributed by atoms with Gasteiger partial charge in [-0.2, -0.15) is 5.10 Å². The lowest BCUT2D eigenvalue weighted by atomic mass is 10.0. The van der Waals surface area contributed by atoms with Crippen LogP contribution in [0.5, 0.6) is 5.75 Å². The predicted octanol–water partition coefficient (Wildman–Crippen LogP) is 9.38. The second-order valence-corrected chi connectivity index (χ2v) is 10.8. The summed E-state index contributed by atoms with van der Waals surface area (Å²) in [5.74, 6) is -0.0417. The fraction of sp³-hybridized carbons (Fsp3) is 0.531. The van der Waals surface area contributed by atoms with Gasteiger partial charge < -0.3 is 4.74 Å². The normalized spacial score (nSPS) is 11.1. The van der Waals surface area contributed by atoms with Crippen molar-refractivity contribution < 1.29 is 14.3 Å². The Bertz CT molecular complexity index is 959. The number of benzene rings is 2. The molecule has 0 bridgehead atoms. The molecule has 0 unspecified atom stereocenters. The molecule has 0 fully saturated rings. The summed E-state index contributed by atoms with van der Waals surface area (Å²) in [4.78, 5) is 24.3. The number of esters is 1. The van der Waals surface area contributed by atoms with Crippen LogP contribution < -0.4 is 10.2 Å². The van der Waals surface area contributed by atoms with Crippen molar-refractivity contribution in [2.75, 3.05) is 0 Å². The zero-order valence-corrected chi connectivity index (χ0v) is 24.6. The molecular weight excluding hydrogens is 540 g/mol. The van der Waals surface area contributed by atoms with Crippen molar-refractivity contribution in [3.8, 4) is 5.75 Å². The molecular formula is C32H45BrN2O3. The number of halogens is 1. The Morgan fingerprint density at radius 3 is 1.84 bits per heavy atom. The number of nitrogens with one attached hydrogen (secondary N) is 1. The van der Waals surface area contributed by atoms with Crippen LogP contribution in [0.4, 0.5) is 0 Å². The fourth-order valence-corrected chi connectivity index (χ4v) is 4.75. The van der Waals surface area contributed by atoms with E-state index in [-0.39, 0.29) is 5.91 Å². The number of rotatable bonds is 20. The fourth-order valence-electron chi connectivity index (χ4n) is 4.30. The first-order valence-corrected chi connectivity index (χ1v) is 15.3. The van der Waals surface area contributed by atoms with E-state index in [9.17, 15) is 9.59 Å². The summed E-state index contributed by atoms with van der Waals surface area (Å²) in [6.45, 7) is 2.27. The number of hydrogen-bond donors (Lipinski definition) is 1. The average molecular weight is 586 g/mol. The number of carbonyl (C=O) groups excluding carboxylic acids is 2. The highest BCUT2D eigenvalue weighted by molar-refractivity contribution is 9.10. The molecule has 208 valence electrons. The summed E-state index contributed by atoms with van der Waals surface area (Å²) in [6.07, 6.45) is 21.7. The summed E-state index contributed by atoms with van der Waals surface area (Å²) >= 11 is 3.36. The molecule has 0 aliphatic carbocycles. The van der Waals surface area contributed by atoms with Crippen molar-refractivity contribution in [2.45, 2.75) is 110 Å². The maximum absolute atomic E-state index is 12.3. The maximum Gasteiger partial charge on any atom is 0.344 e. The lowest BCUT2D eigenvalue weighted by Gasteiger charge is -2.06. The maximum atomic E-state index is 12.3. The number of hydrazone groups is 1. The van der Waals surface area contributed by atoms with Crippen LogP contribution >= 0.6 is 15.9 Å². The van der Waals surface area contributed by atoms with Gasteiger partial charge in [0, 0.05) is 10.9 Å². The summed E-state index contributed by atoms with van der Waals surface area (Å²) in [7, 11) is 0. The molecule has 2 rings (SSSR count). The third kappa shape index (κ3) is 14.5. The second-order valence-electron chi connectivity index (χ2n) is 9.93. The van der Waals surface area contributed by atoms with Crippen LogP contribution in [0.3, 0.4) is 0 Å². The van der Waals surface area contributed by atoms with Gasteiger partial charge in [-0.25, -0.2) is 10.2 Å². The minimum atomic E-state index is -0.426. The standard InChI is InChI=1S/C32H45BrN2O3/c1-2-3-4-5-6-7-8-9-10-11-12-13-14-15-16-21-31(36)35-34-26-27-22-24-28(25-23-27)38-32(37)29-19-17-18-20-30(29)33/h17-20,22-26H,2-16,21H2,1H3,(H,35,36)/b34-26-. The molecule has 0 aliphatic rings. The summed E-state index contributed by atoms with van der Waals surface area (Å²) < 4.78 is 6.10. The molecule has 0 spiro atoms. The van der Waals surface area contributed by atoms with E-state index in [1.54, 1.807) is 48.7 Å². The molecule has 2 aromatic carbocycles. The molecule has 38 heavy (non-hydrogen) atoms. The van der Waals surface area contributed by atoms with Gasteiger partial charge >= 0.3 is 5.97 Å². The third-order valence-corrected chi connectivity index (χ3v) is 7.29. The van der Waals surface area contributed by atoms with Gasteiger partial charge in [-0.3, -0.25) is 4.79 Å². The van der Waals surface area contributed by atoms with Gasteiger partial charge in [0.25, 0.3) is 0 Å². The van der Waals surface area contributed by atoms with Gasteiger partial charge in [-0.05, 0) is 64.3 Å². The molecule has 2 aromatic rings. The molecule has 1 N–H and O–H groups in total. The first-order valence-electron chi connectivity index (χ1n) is 14.5. The van der Waals surface area contributed by atoms with Crippen LogP contribution in [0.2, 0.25) is 0 Å². The van der Waals surface area contributed by atoms with E-state index in [0.29, 0.717) is 22.2 Å². The van der Waals surface area contributed by atoms with E-state index in [1.807, 2.05) is 6.07 Å². The van der Waals surface area contributed by atoms with Gasteiger partial charge in [0.05, 0.1) is 11.8 Å². The second kappa shape index (κ2) is 20.5. The molecule has 0 saturated carbocycles. The molecule has 0 aromatic heterocycles. The van der Waals surface area contributed by atoms with E-state index in [0.717, 1.165) is 18.4 Å². The van der Waals surface area contributed by atoms with E-state index in [1.165, 1.54) is 83.5 Å². The first-order chi connectivity index (χ1) is 18.6. The van der Waals surface area contributed by atoms with Crippen molar-refractivity contribution in [1.82, 2.24) is 5.43 Å². The van der Waals surface area contributed by atoms with E-state index >= 15 is 0 Å². The third-order valence-electron chi connectivity index (χ3n) is 6.59. The Balaban J connectivity index is 1.46.